The lowest BCUT2D eigenvalue weighted by molar-refractivity contribution is 1.19. The van der Waals surface area contributed by atoms with Gasteiger partial charge < -0.3 is 5.73 Å². The van der Waals surface area contributed by atoms with Crippen molar-refractivity contribution in [3.05, 3.63) is 28.0 Å². The standard InChI is InChI=1S/C8H7Cl2N3/c1-4-7(11)13-3-5(9)2-6(10)8(13)12-4/h2-3H,11H2,1H3. The Hall–Kier alpha value is -0.930. The number of aryl methyl sites for hydroxylation is 1. The van der Waals surface area contributed by atoms with Crippen LogP contribution in [-0.2, 0) is 0 Å². The Morgan fingerprint density at radius 3 is 2.85 bits per heavy atom. The smallest absolute Gasteiger partial charge is 0.157 e. The topological polar surface area (TPSA) is 43.3 Å². The van der Waals surface area contributed by atoms with E-state index in [1.807, 2.05) is 6.92 Å². The maximum Gasteiger partial charge on any atom is 0.157 e. The van der Waals surface area contributed by atoms with Gasteiger partial charge in [-0.15, -0.1) is 0 Å². The van der Waals surface area contributed by atoms with Gasteiger partial charge in [0.25, 0.3) is 0 Å². The van der Waals surface area contributed by atoms with Gasteiger partial charge in [0.1, 0.15) is 5.82 Å². The summed E-state index contributed by atoms with van der Waals surface area (Å²) < 4.78 is 1.68. The van der Waals surface area contributed by atoms with Gasteiger partial charge in [-0.25, -0.2) is 4.98 Å². The van der Waals surface area contributed by atoms with E-state index in [-0.39, 0.29) is 0 Å². The summed E-state index contributed by atoms with van der Waals surface area (Å²) in [6, 6.07) is 1.64. The van der Waals surface area contributed by atoms with Gasteiger partial charge in [-0.05, 0) is 13.0 Å². The molecule has 0 fully saturated rings. The number of hydrogen-bond acceptors (Lipinski definition) is 2. The molecule has 68 valence electrons. The summed E-state index contributed by atoms with van der Waals surface area (Å²) in [5, 5.41) is 1.05. The van der Waals surface area contributed by atoms with E-state index in [0.717, 1.165) is 5.69 Å². The number of imidazole rings is 1. The number of rotatable bonds is 0. The van der Waals surface area contributed by atoms with Crippen molar-refractivity contribution in [1.82, 2.24) is 9.38 Å². The molecule has 2 aromatic heterocycles. The van der Waals surface area contributed by atoms with E-state index in [2.05, 4.69) is 4.98 Å². The second kappa shape index (κ2) is 2.79. The normalized spacial score (nSPS) is 11.0. The minimum absolute atomic E-state index is 0.507. The van der Waals surface area contributed by atoms with Crippen molar-refractivity contribution in [2.75, 3.05) is 5.73 Å². The lowest BCUT2D eigenvalue weighted by Gasteiger charge is -1.98. The zero-order chi connectivity index (χ0) is 9.59. The molecule has 0 saturated carbocycles. The Morgan fingerprint density at radius 1 is 1.46 bits per heavy atom. The molecule has 0 spiro atoms. The zero-order valence-electron chi connectivity index (χ0n) is 6.88. The molecular formula is C8H7Cl2N3. The van der Waals surface area contributed by atoms with Crippen LogP contribution in [0.4, 0.5) is 5.82 Å². The van der Waals surface area contributed by atoms with Gasteiger partial charge >= 0.3 is 0 Å². The average Bonchev–Trinajstić information content (AvgIpc) is 2.32. The summed E-state index contributed by atoms with van der Waals surface area (Å²) in [6.45, 7) is 1.83. The molecule has 2 rings (SSSR count). The van der Waals surface area contributed by atoms with E-state index in [4.69, 9.17) is 28.9 Å². The van der Waals surface area contributed by atoms with Gasteiger partial charge in [-0.1, -0.05) is 23.2 Å². The highest BCUT2D eigenvalue weighted by molar-refractivity contribution is 6.36. The van der Waals surface area contributed by atoms with Gasteiger partial charge in [-0.2, -0.15) is 0 Å². The Balaban J connectivity index is 2.94. The summed E-state index contributed by atoms with van der Waals surface area (Å²) in [5.41, 5.74) is 7.15. The fraction of sp³-hybridized carbons (Fsp3) is 0.125. The minimum atomic E-state index is 0.507. The van der Waals surface area contributed by atoms with Crippen LogP contribution in [0.3, 0.4) is 0 Å². The quantitative estimate of drug-likeness (QED) is 0.735. The predicted molar refractivity (Wildman–Crippen MR) is 54.4 cm³/mol. The van der Waals surface area contributed by atoms with Crippen LogP contribution < -0.4 is 5.73 Å². The van der Waals surface area contributed by atoms with Crippen molar-refractivity contribution < 1.29 is 0 Å². The highest BCUT2D eigenvalue weighted by Crippen LogP contribution is 2.24. The molecule has 0 bridgehead atoms. The molecule has 2 N–H and O–H groups in total. The van der Waals surface area contributed by atoms with Gasteiger partial charge in [0.15, 0.2) is 5.65 Å². The first-order chi connectivity index (χ1) is 6.09. The molecule has 0 atom stereocenters. The predicted octanol–water partition coefficient (Wildman–Crippen LogP) is 2.53. The van der Waals surface area contributed by atoms with Crippen LogP contribution in [0.2, 0.25) is 10.0 Å². The van der Waals surface area contributed by atoms with Crippen molar-refractivity contribution >= 4 is 34.7 Å². The third kappa shape index (κ3) is 1.24. The summed E-state index contributed by atoms with van der Waals surface area (Å²) in [4.78, 5) is 4.20. The number of nitrogens with zero attached hydrogens (tertiary/aromatic N) is 2. The molecule has 0 aliphatic rings. The molecule has 0 unspecified atom stereocenters. The second-order valence-corrected chi connectivity index (χ2v) is 3.63. The van der Waals surface area contributed by atoms with Crippen LogP contribution in [0.15, 0.2) is 12.3 Å². The lowest BCUT2D eigenvalue weighted by atomic mass is 10.4. The summed E-state index contributed by atoms with van der Waals surface area (Å²) in [5.74, 6) is 0.569. The van der Waals surface area contributed by atoms with Crippen LogP contribution in [0.25, 0.3) is 5.65 Å². The second-order valence-electron chi connectivity index (χ2n) is 2.78. The number of pyridine rings is 1. The van der Waals surface area contributed by atoms with E-state index in [1.165, 1.54) is 0 Å². The van der Waals surface area contributed by atoms with E-state index in [9.17, 15) is 0 Å². The summed E-state index contributed by atoms with van der Waals surface area (Å²) in [6.07, 6.45) is 1.69. The van der Waals surface area contributed by atoms with Crippen LogP contribution >= 0.6 is 23.2 Å². The third-order valence-electron chi connectivity index (χ3n) is 1.86. The number of nitrogens with two attached hydrogens (primary N) is 1. The van der Waals surface area contributed by atoms with E-state index in [0.29, 0.717) is 21.5 Å². The summed E-state index contributed by atoms with van der Waals surface area (Å²) in [7, 11) is 0. The van der Waals surface area contributed by atoms with Crippen molar-refractivity contribution in [2.45, 2.75) is 6.92 Å². The van der Waals surface area contributed by atoms with Crippen molar-refractivity contribution in [3.8, 4) is 0 Å². The molecule has 2 heterocycles. The highest BCUT2D eigenvalue weighted by atomic mass is 35.5. The largest absolute Gasteiger partial charge is 0.383 e. The Bertz CT molecular complexity index is 476. The first-order valence-corrected chi connectivity index (χ1v) is 4.44. The first kappa shape index (κ1) is 8.66. The average molecular weight is 216 g/mol. The third-order valence-corrected chi connectivity index (χ3v) is 2.35. The van der Waals surface area contributed by atoms with Gasteiger partial charge in [-0.3, -0.25) is 4.40 Å². The SMILES string of the molecule is Cc1nc2c(Cl)cc(Cl)cn2c1N. The fourth-order valence-electron chi connectivity index (χ4n) is 1.20. The van der Waals surface area contributed by atoms with Crippen LogP contribution in [-0.4, -0.2) is 9.38 Å². The molecule has 0 aliphatic carbocycles. The molecule has 3 nitrogen and oxygen atoms in total. The van der Waals surface area contributed by atoms with Crippen LogP contribution in [0.1, 0.15) is 5.69 Å². The van der Waals surface area contributed by atoms with Gasteiger partial charge in [0.2, 0.25) is 0 Å². The molecule has 0 saturated heterocycles. The number of anilines is 1. The monoisotopic (exact) mass is 215 g/mol. The van der Waals surface area contributed by atoms with Crippen molar-refractivity contribution in [1.29, 1.82) is 0 Å². The molecule has 5 heteroatoms. The van der Waals surface area contributed by atoms with Gasteiger partial charge in [0.05, 0.1) is 15.7 Å². The maximum atomic E-state index is 5.92. The van der Waals surface area contributed by atoms with Gasteiger partial charge in [0, 0.05) is 6.20 Å². The molecular weight excluding hydrogens is 209 g/mol. The van der Waals surface area contributed by atoms with Crippen molar-refractivity contribution in [2.24, 2.45) is 0 Å². The highest BCUT2D eigenvalue weighted by Gasteiger charge is 2.08. The molecule has 13 heavy (non-hydrogen) atoms. The lowest BCUT2D eigenvalue weighted by Crippen LogP contribution is -1.93. The molecule has 2 aromatic rings. The maximum absolute atomic E-state index is 5.92. The molecule has 0 amide bonds. The number of halogens is 2. The Morgan fingerprint density at radius 2 is 2.15 bits per heavy atom. The zero-order valence-corrected chi connectivity index (χ0v) is 8.39. The number of hydrogen-bond donors (Lipinski definition) is 1. The molecule has 0 aromatic carbocycles. The minimum Gasteiger partial charge on any atom is -0.383 e. The number of aromatic nitrogens is 2. The van der Waals surface area contributed by atoms with E-state index < -0.39 is 0 Å². The first-order valence-electron chi connectivity index (χ1n) is 3.69. The van der Waals surface area contributed by atoms with Crippen LogP contribution in [0.5, 0.6) is 0 Å². The summed E-state index contributed by atoms with van der Waals surface area (Å²) >= 11 is 11.7. The van der Waals surface area contributed by atoms with Crippen molar-refractivity contribution in [3.63, 3.8) is 0 Å². The van der Waals surface area contributed by atoms with E-state index >= 15 is 0 Å². The van der Waals surface area contributed by atoms with Crippen LogP contribution in [0, 0.1) is 6.92 Å². The number of nitrogen functional groups attached to an aromatic ring is 1. The Kier molecular flexibility index (Phi) is 1.86. The fourth-order valence-corrected chi connectivity index (χ4v) is 1.72. The molecule has 0 radical (unpaired) electrons. The number of fused-ring (bicyclic) bond motifs is 1. The molecule has 0 aliphatic heterocycles. The Labute approximate surface area is 85.1 Å². The van der Waals surface area contributed by atoms with E-state index in [1.54, 1.807) is 16.7 Å².